The number of fused-ring (bicyclic) bond motifs is 2. The number of aryl methyl sites for hydroxylation is 1. The summed E-state index contributed by atoms with van der Waals surface area (Å²) in [5, 5.41) is 18.5. The Hall–Kier alpha value is -4.87. The van der Waals surface area contributed by atoms with Crippen LogP contribution in [0.25, 0.3) is 5.78 Å². The maximum atomic E-state index is 13.6. The van der Waals surface area contributed by atoms with E-state index >= 15 is 0 Å². The van der Waals surface area contributed by atoms with Gasteiger partial charge in [0, 0.05) is 6.54 Å². The van der Waals surface area contributed by atoms with E-state index in [1.54, 1.807) is 26.0 Å². The zero-order chi connectivity index (χ0) is 27.1. The van der Waals surface area contributed by atoms with Crippen LogP contribution < -0.4 is 16.4 Å². The van der Waals surface area contributed by atoms with E-state index in [-0.39, 0.29) is 35.1 Å². The van der Waals surface area contributed by atoms with E-state index in [4.69, 9.17) is 0 Å². The molecule has 11 nitrogen and oxygen atoms in total. The van der Waals surface area contributed by atoms with E-state index in [0.29, 0.717) is 29.5 Å². The van der Waals surface area contributed by atoms with E-state index in [2.05, 4.69) is 25.3 Å². The summed E-state index contributed by atoms with van der Waals surface area (Å²) in [6.07, 6.45) is 1.15. The monoisotopic (exact) mass is 519 g/mol. The third kappa shape index (κ3) is 4.40. The second-order valence-corrected chi connectivity index (χ2v) is 9.05. The van der Waals surface area contributed by atoms with Crippen LogP contribution in [0.5, 0.6) is 0 Å². The number of carbonyl (C=O) groups is 3. The summed E-state index contributed by atoms with van der Waals surface area (Å²) in [5.74, 6) is -3.90. The summed E-state index contributed by atoms with van der Waals surface area (Å²) >= 11 is 0. The molecule has 1 atom stereocenters. The molecule has 0 fully saturated rings. The molecule has 0 unspecified atom stereocenters. The standard InChI is InChI=1S/C26H22FN5O6/c1-12-9-14(3-7-18(12)27)11-28-23(34)21-10-20(30-25-31-38-26(37)32(21)25)22(33)29-19-8-6-15-13(2)16(24(35)36)4-5-17(15)19/h3-5,7,9-10,19H,6,8,11H2,1-2H3,(H,28,34)(H,29,33)(H,35,36)/t19-/m0/s1. The van der Waals surface area contributed by atoms with Crippen molar-refractivity contribution in [3.63, 3.8) is 0 Å². The number of carboxylic acids is 1. The van der Waals surface area contributed by atoms with Crippen LogP contribution in [-0.2, 0) is 13.0 Å². The van der Waals surface area contributed by atoms with Gasteiger partial charge in [0.25, 0.3) is 17.6 Å². The number of aromatic nitrogens is 3. The number of carboxylic acid groups (broad SMARTS) is 1. The molecule has 38 heavy (non-hydrogen) atoms. The molecule has 1 aliphatic rings. The van der Waals surface area contributed by atoms with E-state index in [1.165, 1.54) is 24.3 Å². The first kappa shape index (κ1) is 24.8. The predicted molar refractivity (Wildman–Crippen MR) is 130 cm³/mol. The Morgan fingerprint density at radius 2 is 1.95 bits per heavy atom. The van der Waals surface area contributed by atoms with Crippen molar-refractivity contribution in [1.82, 2.24) is 25.2 Å². The van der Waals surface area contributed by atoms with Gasteiger partial charge in [-0.2, -0.15) is 0 Å². The average molecular weight is 519 g/mol. The third-order valence-electron chi connectivity index (χ3n) is 6.69. The number of amides is 2. The Morgan fingerprint density at radius 3 is 2.68 bits per heavy atom. The second-order valence-electron chi connectivity index (χ2n) is 9.05. The molecule has 0 radical (unpaired) electrons. The Bertz CT molecular complexity index is 1690. The fourth-order valence-electron chi connectivity index (χ4n) is 4.72. The number of nitrogens with zero attached hydrogens (tertiary/aromatic N) is 3. The Morgan fingerprint density at radius 1 is 1.16 bits per heavy atom. The fourth-order valence-corrected chi connectivity index (χ4v) is 4.72. The predicted octanol–water partition coefficient (Wildman–Crippen LogP) is 2.48. The van der Waals surface area contributed by atoms with Crippen LogP contribution in [-0.4, -0.2) is 37.4 Å². The first-order chi connectivity index (χ1) is 18.1. The minimum absolute atomic E-state index is 0.0435. The van der Waals surface area contributed by atoms with Crippen molar-refractivity contribution in [2.45, 2.75) is 39.3 Å². The van der Waals surface area contributed by atoms with Gasteiger partial charge in [0.15, 0.2) is 0 Å². The molecule has 2 aromatic heterocycles. The zero-order valence-electron chi connectivity index (χ0n) is 20.4. The summed E-state index contributed by atoms with van der Waals surface area (Å²) < 4.78 is 19.1. The van der Waals surface area contributed by atoms with Crippen molar-refractivity contribution in [3.8, 4) is 0 Å². The smallest absolute Gasteiger partial charge is 0.448 e. The lowest BCUT2D eigenvalue weighted by molar-refractivity contribution is 0.0695. The van der Waals surface area contributed by atoms with Gasteiger partial charge < -0.3 is 15.7 Å². The van der Waals surface area contributed by atoms with Gasteiger partial charge in [0.05, 0.1) is 11.6 Å². The van der Waals surface area contributed by atoms with Gasteiger partial charge in [-0.3, -0.25) is 14.1 Å². The molecule has 2 aromatic carbocycles. The Balaban J connectivity index is 1.40. The van der Waals surface area contributed by atoms with Gasteiger partial charge in [-0.15, -0.1) is 0 Å². The molecular formula is C26H22FN5O6. The summed E-state index contributed by atoms with van der Waals surface area (Å²) in [6, 6.07) is 8.38. The molecule has 0 saturated heterocycles. The van der Waals surface area contributed by atoms with Crippen LogP contribution in [0.2, 0.25) is 0 Å². The highest BCUT2D eigenvalue weighted by atomic mass is 19.1. The van der Waals surface area contributed by atoms with Gasteiger partial charge >= 0.3 is 11.7 Å². The van der Waals surface area contributed by atoms with E-state index < -0.39 is 29.6 Å². The number of aromatic carboxylic acids is 1. The largest absolute Gasteiger partial charge is 0.478 e. The molecule has 2 heterocycles. The summed E-state index contributed by atoms with van der Waals surface area (Å²) in [4.78, 5) is 53.9. The maximum absolute atomic E-state index is 13.6. The van der Waals surface area contributed by atoms with Crippen molar-refractivity contribution in [2.24, 2.45) is 0 Å². The molecule has 0 aliphatic heterocycles. The lowest BCUT2D eigenvalue weighted by Gasteiger charge is -2.15. The highest BCUT2D eigenvalue weighted by Crippen LogP contribution is 2.34. The minimum Gasteiger partial charge on any atom is -0.478 e. The molecule has 0 saturated carbocycles. The SMILES string of the molecule is Cc1cc(CNC(=O)c2cc(C(=O)N[C@H]3CCc4c3ccc(C(=O)O)c4C)nc3noc(=O)n23)ccc1F. The minimum atomic E-state index is -1.02. The summed E-state index contributed by atoms with van der Waals surface area (Å²) in [5.41, 5.74) is 3.24. The molecule has 0 bridgehead atoms. The molecular weight excluding hydrogens is 497 g/mol. The molecule has 5 rings (SSSR count). The highest BCUT2D eigenvalue weighted by molar-refractivity contribution is 5.98. The zero-order valence-corrected chi connectivity index (χ0v) is 20.4. The van der Waals surface area contributed by atoms with Crippen LogP contribution in [0, 0.1) is 19.7 Å². The molecule has 2 amide bonds. The van der Waals surface area contributed by atoms with Crippen molar-refractivity contribution in [2.75, 3.05) is 0 Å². The maximum Gasteiger partial charge on any atom is 0.448 e. The number of carbonyl (C=O) groups excluding carboxylic acids is 2. The molecule has 3 N–H and O–H groups in total. The highest BCUT2D eigenvalue weighted by Gasteiger charge is 2.29. The van der Waals surface area contributed by atoms with Crippen LogP contribution in [0.15, 0.2) is 45.7 Å². The fraction of sp³-hybridized carbons (Fsp3) is 0.231. The van der Waals surface area contributed by atoms with E-state index in [1.807, 2.05) is 0 Å². The molecule has 1 aliphatic carbocycles. The molecule has 194 valence electrons. The van der Waals surface area contributed by atoms with Gasteiger partial charge in [-0.1, -0.05) is 18.2 Å². The van der Waals surface area contributed by atoms with E-state index in [9.17, 15) is 28.7 Å². The number of hydrogen-bond acceptors (Lipinski definition) is 7. The molecule has 4 aromatic rings. The van der Waals surface area contributed by atoms with E-state index in [0.717, 1.165) is 15.5 Å². The van der Waals surface area contributed by atoms with Crippen molar-refractivity contribution in [1.29, 1.82) is 0 Å². The quantitative estimate of drug-likeness (QED) is 0.351. The Kier molecular flexibility index (Phi) is 6.23. The van der Waals surface area contributed by atoms with Gasteiger partial charge in [0.2, 0.25) is 0 Å². The topological polar surface area (TPSA) is 156 Å². The van der Waals surface area contributed by atoms with Gasteiger partial charge in [0.1, 0.15) is 17.2 Å². The normalized spacial score (nSPS) is 14.3. The van der Waals surface area contributed by atoms with Crippen LogP contribution in [0.4, 0.5) is 4.39 Å². The van der Waals surface area contributed by atoms with Crippen molar-refractivity contribution < 1.29 is 28.4 Å². The molecule has 0 spiro atoms. The third-order valence-corrected chi connectivity index (χ3v) is 6.69. The van der Waals surface area contributed by atoms with Crippen molar-refractivity contribution in [3.05, 3.63) is 97.5 Å². The lowest BCUT2D eigenvalue weighted by atomic mass is 9.98. The number of hydrogen-bond donors (Lipinski definition) is 3. The second kappa shape index (κ2) is 9.54. The number of benzene rings is 2. The van der Waals surface area contributed by atoms with Gasteiger partial charge in [-0.05, 0) is 77.9 Å². The van der Waals surface area contributed by atoms with Crippen molar-refractivity contribution >= 4 is 23.6 Å². The van der Waals surface area contributed by atoms with Crippen LogP contribution in [0.3, 0.4) is 0 Å². The number of nitrogens with one attached hydrogen (secondary N) is 2. The average Bonchev–Trinajstić information content (AvgIpc) is 3.47. The lowest BCUT2D eigenvalue weighted by Crippen LogP contribution is -2.31. The molecule has 12 heteroatoms. The first-order valence-electron chi connectivity index (χ1n) is 11.7. The summed E-state index contributed by atoms with van der Waals surface area (Å²) in [7, 11) is 0. The van der Waals surface area contributed by atoms with Crippen LogP contribution in [0.1, 0.15) is 71.6 Å². The number of halogens is 1. The van der Waals surface area contributed by atoms with Gasteiger partial charge in [-0.25, -0.2) is 23.4 Å². The number of rotatable bonds is 6. The first-order valence-corrected chi connectivity index (χ1v) is 11.7. The summed E-state index contributed by atoms with van der Waals surface area (Å²) in [6.45, 7) is 3.38. The van der Waals surface area contributed by atoms with Crippen LogP contribution >= 0.6 is 0 Å². The Labute approximate surface area is 214 Å².